The highest BCUT2D eigenvalue weighted by Gasteiger charge is 2.18. The summed E-state index contributed by atoms with van der Waals surface area (Å²) in [5.74, 6) is 1.09. The fraction of sp³-hybridized carbons (Fsp3) is 0.267. The number of aromatic hydroxyl groups is 1. The molecule has 1 atom stereocenters. The van der Waals surface area contributed by atoms with Crippen molar-refractivity contribution in [3.8, 4) is 5.75 Å². The van der Waals surface area contributed by atoms with Crippen molar-refractivity contribution in [1.29, 1.82) is 0 Å². The van der Waals surface area contributed by atoms with Gasteiger partial charge in [-0.25, -0.2) is 0 Å². The molecule has 2 N–H and O–H groups in total. The molecule has 1 unspecified atom stereocenters. The molecular weight excluding hydrogens is 278 g/mol. The van der Waals surface area contributed by atoms with Crippen molar-refractivity contribution in [2.75, 3.05) is 0 Å². The quantitative estimate of drug-likeness (QED) is 0.906. The number of benzene rings is 1. The average Bonchev–Trinajstić information content (AvgIpc) is 2.71. The monoisotopic (exact) mass is 293 g/mol. The van der Waals surface area contributed by atoms with Gasteiger partial charge >= 0.3 is 0 Å². The molecule has 1 aromatic heterocycles. The third-order valence-corrected chi connectivity index (χ3v) is 3.33. The van der Waals surface area contributed by atoms with Crippen molar-refractivity contribution in [2.24, 2.45) is 0 Å². The fourth-order valence-corrected chi connectivity index (χ4v) is 2.29. The van der Waals surface area contributed by atoms with Crippen LogP contribution in [0, 0.1) is 13.8 Å². The number of halogens is 1. The predicted molar refractivity (Wildman–Crippen MR) is 77.2 cm³/mol. The summed E-state index contributed by atoms with van der Waals surface area (Å²) in [6.07, 6.45) is 0. The smallest absolute Gasteiger partial charge is 0.255 e. The number of phenolic OH excluding ortho intramolecular Hbond substituents is 1. The maximum absolute atomic E-state index is 12.2. The Balaban J connectivity index is 2.19. The number of rotatable bonds is 3. The highest BCUT2D eigenvalue weighted by molar-refractivity contribution is 6.31. The molecule has 0 spiro atoms. The Morgan fingerprint density at radius 3 is 2.65 bits per heavy atom. The highest BCUT2D eigenvalue weighted by atomic mass is 35.5. The van der Waals surface area contributed by atoms with Crippen LogP contribution in [0.2, 0.25) is 5.02 Å². The van der Waals surface area contributed by atoms with Gasteiger partial charge in [0, 0.05) is 10.6 Å². The summed E-state index contributed by atoms with van der Waals surface area (Å²) in [6, 6.07) is 6.03. The zero-order valence-electron chi connectivity index (χ0n) is 11.5. The number of amides is 1. The largest absolute Gasteiger partial charge is 0.507 e. The molecule has 0 saturated carbocycles. The van der Waals surface area contributed by atoms with Gasteiger partial charge in [-0.2, -0.15) is 0 Å². The first kappa shape index (κ1) is 14.5. The van der Waals surface area contributed by atoms with Gasteiger partial charge in [0.05, 0.1) is 11.6 Å². The average molecular weight is 294 g/mol. The van der Waals surface area contributed by atoms with Gasteiger partial charge in [-0.1, -0.05) is 11.6 Å². The summed E-state index contributed by atoms with van der Waals surface area (Å²) >= 11 is 5.84. The summed E-state index contributed by atoms with van der Waals surface area (Å²) in [6.45, 7) is 5.56. The lowest BCUT2D eigenvalue weighted by molar-refractivity contribution is 0.0937. The molecule has 0 saturated heterocycles. The summed E-state index contributed by atoms with van der Waals surface area (Å²) in [4.78, 5) is 12.2. The van der Waals surface area contributed by atoms with Crippen molar-refractivity contribution in [3.05, 3.63) is 51.9 Å². The number of hydrogen-bond donors (Lipinski definition) is 2. The number of carbonyl (C=O) groups is 1. The Bertz CT molecular complexity index is 649. The van der Waals surface area contributed by atoms with Crippen LogP contribution < -0.4 is 5.32 Å². The lowest BCUT2D eigenvalue weighted by Gasteiger charge is -2.14. The third kappa shape index (κ3) is 2.96. The van der Waals surface area contributed by atoms with Crippen LogP contribution in [0.25, 0.3) is 0 Å². The van der Waals surface area contributed by atoms with E-state index in [0.29, 0.717) is 5.02 Å². The van der Waals surface area contributed by atoms with Crippen molar-refractivity contribution in [3.63, 3.8) is 0 Å². The molecule has 0 bridgehead atoms. The van der Waals surface area contributed by atoms with Crippen LogP contribution in [0.5, 0.6) is 5.75 Å². The number of phenols is 1. The van der Waals surface area contributed by atoms with Crippen LogP contribution in [-0.2, 0) is 0 Å². The van der Waals surface area contributed by atoms with Crippen molar-refractivity contribution in [1.82, 2.24) is 5.32 Å². The maximum Gasteiger partial charge on any atom is 0.255 e. The highest BCUT2D eigenvalue weighted by Crippen LogP contribution is 2.24. The minimum Gasteiger partial charge on any atom is -0.507 e. The minimum atomic E-state index is -0.379. The standard InChI is InChI=1S/C15H16ClNO3/c1-8-6-12(10(3)20-8)9(2)17-15(19)13-7-11(16)4-5-14(13)18/h4-7,9,18H,1-3H3,(H,17,19). The van der Waals surface area contributed by atoms with Crippen molar-refractivity contribution >= 4 is 17.5 Å². The Hall–Kier alpha value is -1.94. The molecule has 20 heavy (non-hydrogen) atoms. The van der Waals surface area contributed by atoms with E-state index >= 15 is 0 Å². The molecule has 0 aliphatic heterocycles. The van der Waals surface area contributed by atoms with E-state index in [4.69, 9.17) is 16.0 Å². The van der Waals surface area contributed by atoms with Crippen LogP contribution in [-0.4, -0.2) is 11.0 Å². The molecule has 5 heteroatoms. The Morgan fingerprint density at radius 1 is 1.35 bits per heavy atom. The topological polar surface area (TPSA) is 62.5 Å². The zero-order valence-corrected chi connectivity index (χ0v) is 12.3. The van der Waals surface area contributed by atoms with E-state index in [1.165, 1.54) is 18.2 Å². The lowest BCUT2D eigenvalue weighted by Crippen LogP contribution is -2.26. The van der Waals surface area contributed by atoms with E-state index in [2.05, 4.69) is 5.32 Å². The van der Waals surface area contributed by atoms with E-state index in [9.17, 15) is 9.90 Å². The Morgan fingerprint density at radius 2 is 2.05 bits per heavy atom. The second kappa shape index (κ2) is 5.59. The maximum atomic E-state index is 12.2. The first-order valence-corrected chi connectivity index (χ1v) is 6.62. The van der Waals surface area contributed by atoms with Crippen LogP contribution in [0.4, 0.5) is 0 Å². The molecule has 1 aromatic carbocycles. The molecule has 106 valence electrons. The number of nitrogens with one attached hydrogen (secondary N) is 1. The third-order valence-electron chi connectivity index (χ3n) is 3.10. The number of carbonyl (C=O) groups excluding carboxylic acids is 1. The van der Waals surface area contributed by atoms with Crippen molar-refractivity contribution < 1.29 is 14.3 Å². The predicted octanol–water partition coefficient (Wildman–Crippen LogP) is 3.75. The van der Waals surface area contributed by atoms with Gasteiger partial charge in [0.25, 0.3) is 5.91 Å². The van der Waals surface area contributed by atoms with Gasteiger partial charge in [-0.3, -0.25) is 4.79 Å². The van der Waals surface area contributed by atoms with E-state index in [-0.39, 0.29) is 23.3 Å². The summed E-state index contributed by atoms with van der Waals surface area (Å²) in [7, 11) is 0. The van der Waals surface area contributed by atoms with Crippen LogP contribution in [0.15, 0.2) is 28.7 Å². The number of furan rings is 1. The van der Waals surface area contributed by atoms with Gasteiger partial charge in [0.2, 0.25) is 0 Å². The second-order valence-electron chi connectivity index (χ2n) is 4.73. The summed E-state index contributed by atoms with van der Waals surface area (Å²) in [5.41, 5.74) is 1.07. The summed E-state index contributed by atoms with van der Waals surface area (Å²) in [5, 5.41) is 12.9. The zero-order chi connectivity index (χ0) is 14.9. The molecule has 1 amide bonds. The van der Waals surface area contributed by atoms with Gasteiger partial charge in [-0.15, -0.1) is 0 Å². The van der Waals surface area contributed by atoms with Crippen molar-refractivity contribution in [2.45, 2.75) is 26.8 Å². The second-order valence-corrected chi connectivity index (χ2v) is 5.16. The van der Waals surface area contributed by atoms with E-state index in [0.717, 1.165) is 17.1 Å². The number of hydrogen-bond acceptors (Lipinski definition) is 3. The molecule has 4 nitrogen and oxygen atoms in total. The van der Waals surface area contributed by atoms with Crippen LogP contribution in [0.3, 0.4) is 0 Å². The number of aryl methyl sites for hydroxylation is 2. The molecule has 2 aromatic rings. The Labute approximate surface area is 122 Å². The van der Waals surface area contributed by atoms with Crippen LogP contribution >= 0.6 is 11.6 Å². The molecule has 0 radical (unpaired) electrons. The fourth-order valence-electron chi connectivity index (χ4n) is 2.12. The van der Waals surface area contributed by atoms with E-state index in [1.807, 2.05) is 26.8 Å². The molecule has 0 fully saturated rings. The van der Waals surface area contributed by atoms with Gasteiger partial charge in [-0.05, 0) is 45.0 Å². The first-order valence-electron chi connectivity index (χ1n) is 6.25. The Kier molecular flexibility index (Phi) is 4.04. The lowest BCUT2D eigenvalue weighted by atomic mass is 10.1. The van der Waals surface area contributed by atoms with Gasteiger partial charge in [0.15, 0.2) is 0 Å². The molecule has 0 aliphatic rings. The molecule has 0 aliphatic carbocycles. The molecule has 2 rings (SSSR count). The van der Waals surface area contributed by atoms with Gasteiger partial charge < -0.3 is 14.8 Å². The van der Waals surface area contributed by atoms with E-state index in [1.54, 1.807) is 0 Å². The SMILES string of the molecule is Cc1cc(C(C)NC(=O)c2cc(Cl)ccc2O)c(C)o1. The first-order chi connectivity index (χ1) is 9.38. The van der Waals surface area contributed by atoms with Gasteiger partial charge in [0.1, 0.15) is 17.3 Å². The minimum absolute atomic E-state index is 0.0980. The molecule has 1 heterocycles. The molecular formula is C15H16ClNO3. The summed E-state index contributed by atoms with van der Waals surface area (Å²) < 4.78 is 5.44. The normalized spacial score (nSPS) is 12.2. The van der Waals surface area contributed by atoms with Crippen LogP contribution in [0.1, 0.15) is 40.4 Å². The van der Waals surface area contributed by atoms with E-state index < -0.39 is 0 Å².